The van der Waals surface area contributed by atoms with Gasteiger partial charge in [-0.2, -0.15) is 4.98 Å². The molecule has 2 aromatic heterocycles. The van der Waals surface area contributed by atoms with Gasteiger partial charge >= 0.3 is 5.69 Å². The van der Waals surface area contributed by atoms with Crippen molar-refractivity contribution in [3.8, 4) is 5.75 Å². The predicted molar refractivity (Wildman–Crippen MR) is 99.4 cm³/mol. The molecule has 7 heteroatoms. The van der Waals surface area contributed by atoms with Crippen molar-refractivity contribution in [2.75, 3.05) is 7.11 Å². The summed E-state index contributed by atoms with van der Waals surface area (Å²) < 4.78 is 5.22. The van der Waals surface area contributed by atoms with Crippen LogP contribution >= 0.6 is 0 Å². The van der Waals surface area contributed by atoms with Gasteiger partial charge in [0, 0.05) is 34.4 Å². The Bertz CT molecular complexity index is 977. The summed E-state index contributed by atoms with van der Waals surface area (Å²) in [7, 11) is 1.64. The molecule has 0 aliphatic carbocycles. The van der Waals surface area contributed by atoms with Crippen molar-refractivity contribution in [1.29, 1.82) is 0 Å². The number of carbonyl (C=O) groups excluding carboxylic acids is 1. The summed E-state index contributed by atoms with van der Waals surface area (Å²) in [4.78, 5) is 33.3. The third-order valence-electron chi connectivity index (χ3n) is 4.41. The number of aromatic amines is 2. The first-order chi connectivity index (χ1) is 12.5. The maximum Gasteiger partial charge on any atom is 0.345 e. The van der Waals surface area contributed by atoms with Crippen LogP contribution in [0.15, 0.2) is 29.1 Å². The first-order valence-electron chi connectivity index (χ1n) is 8.45. The number of benzene rings is 1. The first kappa shape index (κ1) is 17.7. The summed E-state index contributed by atoms with van der Waals surface area (Å²) in [6, 6.07) is 7.79. The quantitative estimate of drug-likeness (QED) is 0.631. The molecule has 3 rings (SSSR count). The molecule has 136 valence electrons. The number of aryl methyl sites for hydroxylation is 2. The maximum atomic E-state index is 12.2. The average molecular weight is 354 g/mol. The number of amides is 1. The van der Waals surface area contributed by atoms with Crippen molar-refractivity contribution in [2.45, 2.75) is 33.2 Å². The average Bonchev–Trinajstić information content (AvgIpc) is 3.00. The number of methoxy groups -OCH3 is 1. The van der Waals surface area contributed by atoms with E-state index in [1.807, 2.05) is 31.2 Å². The number of nitrogens with one attached hydrogen (secondary N) is 3. The minimum Gasteiger partial charge on any atom is -0.497 e. The monoisotopic (exact) mass is 354 g/mol. The van der Waals surface area contributed by atoms with Gasteiger partial charge in [-0.1, -0.05) is 0 Å². The number of H-pyrrole nitrogens is 2. The standard InChI is InChI=1S/C19H22N4O3/c1-11-16(12(2)22-19(25)21-11)5-7-18(24)20-10-14-8-13-9-15(26-3)4-6-17(13)23-14/h4,6,8-9,23H,5,7,10H2,1-3H3,(H,20,24)(H,21,22,25). The Balaban J connectivity index is 1.58. The zero-order valence-corrected chi connectivity index (χ0v) is 15.1. The van der Waals surface area contributed by atoms with Crippen molar-refractivity contribution < 1.29 is 9.53 Å². The number of hydrogen-bond donors (Lipinski definition) is 3. The smallest absolute Gasteiger partial charge is 0.345 e. The predicted octanol–water partition coefficient (Wildman–Crippen LogP) is 2.13. The lowest BCUT2D eigenvalue weighted by molar-refractivity contribution is -0.121. The highest BCUT2D eigenvalue weighted by Gasteiger charge is 2.10. The molecular weight excluding hydrogens is 332 g/mol. The fraction of sp³-hybridized carbons (Fsp3) is 0.316. The van der Waals surface area contributed by atoms with Crippen LogP contribution in [0.25, 0.3) is 10.9 Å². The molecular formula is C19H22N4O3. The zero-order valence-electron chi connectivity index (χ0n) is 15.1. The van der Waals surface area contributed by atoms with Gasteiger partial charge in [0.2, 0.25) is 5.91 Å². The first-order valence-corrected chi connectivity index (χ1v) is 8.45. The second-order valence-electron chi connectivity index (χ2n) is 6.26. The normalized spacial score (nSPS) is 10.9. The van der Waals surface area contributed by atoms with Gasteiger partial charge in [-0.05, 0) is 50.1 Å². The van der Waals surface area contributed by atoms with Gasteiger partial charge in [0.05, 0.1) is 13.7 Å². The highest BCUT2D eigenvalue weighted by Crippen LogP contribution is 2.21. The fourth-order valence-electron chi connectivity index (χ4n) is 3.04. The molecule has 3 aromatic rings. The number of fused-ring (bicyclic) bond motifs is 1. The molecule has 0 fully saturated rings. The van der Waals surface area contributed by atoms with E-state index in [2.05, 4.69) is 20.3 Å². The number of aromatic nitrogens is 3. The summed E-state index contributed by atoms with van der Waals surface area (Å²) in [6.07, 6.45) is 0.876. The molecule has 1 aromatic carbocycles. The van der Waals surface area contributed by atoms with Crippen molar-refractivity contribution in [3.05, 3.63) is 57.4 Å². The van der Waals surface area contributed by atoms with Gasteiger partial charge in [-0.3, -0.25) is 4.79 Å². The highest BCUT2D eigenvalue weighted by atomic mass is 16.5. The van der Waals surface area contributed by atoms with E-state index < -0.39 is 0 Å². The van der Waals surface area contributed by atoms with E-state index in [9.17, 15) is 9.59 Å². The van der Waals surface area contributed by atoms with Gasteiger partial charge in [-0.15, -0.1) is 0 Å². The Morgan fingerprint density at radius 1 is 1.23 bits per heavy atom. The molecule has 0 atom stereocenters. The lowest BCUT2D eigenvalue weighted by Crippen LogP contribution is -2.24. The molecule has 0 aliphatic rings. The highest BCUT2D eigenvalue weighted by molar-refractivity contribution is 5.82. The van der Waals surface area contributed by atoms with Crippen molar-refractivity contribution in [1.82, 2.24) is 20.3 Å². The molecule has 0 aliphatic heterocycles. The molecule has 0 radical (unpaired) electrons. The third kappa shape index (κ3) is 3.93. The molecule has 3 N–H and O–H groups in total. The molecule has 26 heavy (non-hydrogen) atoms. The van der Waals surface area contributed by atoms with E-state index in [0.29, 0.717) is 25.1 Å². The molecule has 2 heterocycles. The van der Waals surface area contributed by atoms with Gasteiger partial charge < -0.3 is 20.0 Å². The Morgan fingerprint density at radius 3 is 2.77 bits per heavy atom. The number of nitrogens with zero attached hydrogens (tertiary/aromatic N) is 1. The molecule has 0 spiro atoms. The second-order valence-corrected chi connectivity index (χ2v) is 6.26. The molecule has 7 nitrogen and oxygen atoms in total. The van der Waals surface area contributed by atoms with Crippen LogP contribution in [0.1, 0.15) is 29.1 Å². The van der Waals surface area contributed by atoms with Crippen molar-refractivity contribution in [2.24, 2.45) is 0 Å². The van der Waals surface area contributed by atoms with Crippen LogP contribution in [0.5, 0.6) is 5.75 Å². The van der Waals surface area contributed by atoms with E-state index >= 15 is 0 Å². The van der Waals surface area contributed by atoms with E-state index in [0.717, 1.165) is 33.6 Å². The van der Waals surface area contributed by atoms with Gasteiger partial charge in [0.1, 0.15) is 5.75 Å². The van der Waals surface area contributed by atoms with E-state index in [-0.39, 0.29) is 11.6 Å². The van der Waals surface area contributed by atoms with Crippen LogP contribution in [0.3, 0.4) is 0 Å². The fourth-order valence-corrected chi connectivity index (χ4v) is 3.04. The molecule has 0 bridgehead atoms. The summed E-state index contributed by atoms with van der Waals surface area (Å²) in [5.41, 5.74) is 3.92. The van der Waals surface area contributed by atoms with Gasteiger partial charge in [0.15, 0.2) is 0 Å². The number of rotatable bonds is 6. The molecule has 0 saturated carbocycles. The van der Waals surface area contributed by atoms with Crippen LogP contribution < -0.4 is 15.7 Å². The van der Waals surface area contributed by atoms with Crippen LogP contribution in [-0.2, 0) is 17.8 Å². The summed E-state index contributed by atoms with van der Waals surface area (Å²) in [6.45, 7) is 4.04. The van der Waals surface area contributed by atoms with Crippen molar-refractivity contribution in [3.63, 3.8) is 0 Å². The van der Waals surface area contributed by atoms with E-state index in [1.54, 1.807) is 14.0 Å². The van der Waals surface area contributed by atoms with Crippen molar-refractivity contribution >= 4 is 16.8 Å². The minimum atomic E-state index is -0.358. The Labute approximate surface area is 150 Å². The largest absolute Gasteiger partial charge is 0.497 e. The number of carbonyl (C=O) groups is 1. The van der Waals surface area contributed by atoms with Crippen LogP contribution in [0, 0.1) is 13.8 Å². The van der Waals surface area contributed by atoms with E-state index in [4.69, 9.17) is 4.74 Å². The van der Waals surface area contributed by atoms with Gasteiger partial charge in [-0.25, -0.2) is 4.79 Å². The SMILES string of the molecule is COc1ccc2[nH]c(CNC(=O)CCc3c(C)nc(=O)[nH]c3C)cc2c1. The third-order valence-corrected chi connectivity index (χ3v) is 4.41. The summed E-state index contributed by atoms with van der Waals surface area (Å²) >= 11 is 0. The molecule has 0 unspecified atom stereocenters. The Kier molecular flexibility index (Phi) is 5.06. The molecule has 0 saturated heterocycles. The Hall–Kier alpha value is -3.09. The van der Waals surface area contributed by atoms with Gasteiger partial charge in [0.25, 0.3) is 0 Å². The lowest BCUT2D eigenvalue weighted by Gasteiger charge is -2.08. The Morgan fingerprint density at radius 2 is 2.04 bits per heavy atom. The minimum absolute atomic E-state index is 0.0498. The molecule has 1 amide bonds. The number of ether oxygens (including phenoxy) is 1. The lowest BCUT2D eigenvalue weighted by atomic mass is 10.1. The summed E-state index contributed by atoms with van der Waals surface area (Å²) in [5.74, 6) is 0.749. The summed E-state index contributed by atoms with van der Waals surface area (Å²) in [5, 5.41) is 3.96. The maximum absolute atomic E-state index is 12.2. The number of hydrogen-bond acceptors (Lipinski definition) is 4. The topological polar surface area (TPSA) is 99.9 Å². The van der Waals surface area contributed by atoms with Crippen LogP contribution in [0.4, 0.5) is 0 Å². The second kappa shape index (κ2) is 7.43. The van der Waals surface area contributed by atoms with E-state index in [1.165, 1.54) is 0 Å². The van der Waals surface area contributed by atoms with Crippen LogP contribution in [-0.4, -0.2) is 28.0 Å². The van der Waals surface area contributed by atoms with Crippen LogP contribution in [0.2, 0.25) is 0 Å². The zero-order chi connectivity index (χ0) is 18.7.